The number of rotatable bonds is 4. The van der Waals surface area contributed by atoms with Crippen LogP contribution in [0.1, 0.15) is 22.3 Å². The first kappa shape index (κ1) is 34.3. The number of para-hydroxylation sites is 1. The maximum atomic E-state index is 2.50. The van der Waals surface area contributed by atoms with E-state index in [0.717, 1.165) is 17.1 Å². The first-order chi connectivity index (χ1) is 29.8. The molecule has 0 aromatic heterocycles. The van der Waals surface area contributed by atoms with Crippen LogP contribution in [-0.4, -0.2) is 0 Å². The van der Waals surface area contributed by atoms with Crippen molar-refractivity contribution in [2.45, 2.75) is 5.41 Å². The third-order valence-corrected chi connectivity index (χ3v) is 12.9. The summed E-state index contributed by atoms with van der Waals surface area (Å²) in [6.45, 7) is 0. The first-order valence-electron chi connectivity index (χ1n) is 20.8. The van der Waals surface area contributed by atoms with Gasteiger partial charge in [-0.2, -0.15) is 0 Å². The van der Waals surface area contributed by atoms with E-state index in [9.17, 15) is 0 Å². The summed E-state index contributed by atoms with van der Waals surface area (Å²) in [7, 11) is 0. The Morgan fingerprint density at radius 1 is 0.250 bits per heavy atom. The van der Waals surface area contributed by atoms with Crippen molar-refractivity contribution in [2.24, 2.45) is 0 Å². The van der Waals surface area contributed by atoms with Gasteiger partial charge in [0.05, 0.1) is 5.41 Å². The second kappa shape index (κ2) is 13.7. The van der Waals surface area contributed by atoms with Gasteiger partial charge in [-0.05, 0) is 125 Å². The molecule has 0 heterocycles. The average Bonchev–Trinajstić information content (AvgIpc) is 3.64. The Balaban J connectivity index is 1.17. The summed E-state index contributed by atoms with van der Waals surface area (Å²) >= 11 is 0. The molecule has 0 atom stereocenters. The molecule has 10 aromatic carbocycles. The van der Waals surface area contributed by atoms with E-state index < -0.39 is 5.41 Å². The highest BCUT2D eigenvalue weighted by molar-refractivity contribution is 6.00. The molecule has 0 bridgehead atoms. The fraction of sp³-hybridized carbons (Fsp3) is 0.0169. The van der Waals surface area contributed by atoms with Crippen LogP contribution in [-0.2, 0) is 5.41 Å². The lowest BCUT2D eigenvalue weighted by Gasteiger charge is -2.38. The van der Waals surface area contributed by atoms with Gasteiger partial charge in [-0.1, -0.05) is 200 Å². The first-order valence-corrected chi connectivity index (χ1v) is 20.8. The molecule has 0 saturated carbocycles. The van der Waals surface area contributed by atoms with E-state index >= 15 is 0 Å². The van der Waals surface area contributed by atoms with Crippen molar-refractivity contribution in [1.29, 1.82) is 0 Å². The Morgan fingerprint density at radius 3 is 1.25 bits per heavy atom. The Bertz CT molecular complexity index is 3220. The third kappa shape index (κ3) is 5.06. The van der Waals surface area contributed by atoms with Gasteiger partial charge in [0.15, 0.2) is 0 Å². The molecule has 10 aromatic rings. The number of benzene rings is 10. The molecule has 1 spiro atoms. The number of hydrogen-bond acceptors (Lipinski definition) is 1. The molecule has 0 fully saturated rings. The van der Waals surface area contributed by atoms with Gasteiger partial charge in [0.1, 0.15) is 0 Å². The van der Waals surface area contributed by atoms with Crippen LogP contribution in [0.25, 0.3) is 66.4 Å². The van der Waals surface area contributed by atoms with Gasteiger partial charge in [-0.25, -0.2) is 0 Å². The smallest absolute Gasteiger partial charge is 0.0726 e. The minimum absolute atomic E-state index is 0.639. The molecule has 0 unspecified atom stereocenters. The SMILES string of the molecule is c1ccc(N(c2ccc(-c3cccc4ccccc34)cc2)c2ccc3c(c2)C2(c4ccccc4-c4ccccc4-c4ccccc4-3)c3ccccc3-c3ccccc32)cc1. The van der Waals surface area contributed by atoms with Crippen LogP contribution in [0.15, 0.2) is 237 Å². The van der Waals surface area contributed by atoms with Crippen LogP contribution in [0.2, 0.25) is 0 Å². The summed E-state index contributed by atoms with van der Waals surface area (Å²) in [4.78, 5) is 2.42. The largest absolute Gasteiger partial charge is 0.310 e. The average molecular weight is 762 g/mol. The monoisotopic (exact) mass is 761 g/mol. The Morgan fingerprint density at radius 2 is 0.650 bits per heavy atom. The standard InChI is InChI=1S/C59H39N/c1-2-19-42(20-3-1)60(43-35-33-41(34-36-43)46-29-16-18-40-17-4-5-21-45(40)46)44-37-38-54-50-25-9-7-23-48(50)47-22-6-8-24-49(47)51-26-10-13-30-55(51)59(58(54)39-44)56-31-14-11-27-52(56)53-28-12-15-32-57(53)59/h1-39H. The van der Waals surface area contributed by atoms with Crippen molar-refractivity contribution in [3.63, 3.8) is 0 Å². The van der Waals surface area contributed by atoms with E-state index in [0.29, 0.717) is 0 Å². The molecular weight excluding hydrogens is 723 g/mol. The maximum absolute atomic E-state index is 2.50. The summed E-state index contributed by atoms with van der Waals surface area (Å²) < 4.78 is 0. The molecule has 280 valence electrons. The van der Waals surface area contributed by atoms with Crippen LogP contribution in [0.4, 0.5) is 17.1 Å². The highest BCUT2D eigenvalue weighted by Gasteiger charge is 2.49. The van der Waals surface area contributed by atoms with E-state index in [1.807, 2.05) is 0 Å². The summed E-state index contributed by atoms with van der Waals surface area (Å²) in [6, 6.07) is 87.7. The molecule has 60 heavy (non-hydrogen) atoms. The van der Waals surface area contributed by atoms with E-state index in [4.69, 9.17) is 0 Å². The van der Waals surface area contributed by atoms with Gasteiger partial charge in [0.2, 0.25) is 0 Å². The number of anilines is 3. The molecule has 1 heteroatoms. The minimum Gasteiger partial charge on any atom is -0.310 e. The lowest BCUT2D eigenvalue weighted by atomic mass is 9.64. The van der Waals surface area contributed by atoms with Gasteiger partial charge < -0.3 is 4.90 Å². The molecule has 1 nitrogen and oxygen atoms in total. The van der Waals surface area contributed by atoms with Crippen LogP contribution in [0.5, 0.6) is 0 Å². The van der Waals surface area contributed by atoms with Crippen molar-refractivity contribution in [2.75, 3.05) is 4.90 Å². The van der Waals surface area contributed by atoms with Gasteiger partial charge in [-0.15, -0.1) is 0 Å². The molecule has 0 amide bonds. The molecular formula is C59H39N. The number of nitrogens with zero attached hydrogens (tertiary/aromatic N) is 1. The summed E-state index contributed by atoms with van der Waals surface area (Å²) in [6.07, 6.45) is 0. The van der Waals surface area contributed by atoms with Gasteiger partial charge in [0, 0.05) is 17.1 Å². The molecule has 0 radical (unpaired) electrons. The lowest BCUT2D eigenvalue weighted by Crippen LogP contribution is -2.30. The fourth-order valence-electron chi connectivity index (χ4n) is 10.4. The van der Waals surface area contributed by atoms with Crippen molar-refractivity contribution in [1.82, 2.24) is 0 Å². The second-order valence-corrected chi connectivity index (χ2v) is 16.0. The zero-order valence-corrected chi connectivity index (χ0v) is 33.0. The van der Waals surface area contributed by atoms with Crippen LogP contribution in [0.3, 0.4) is 0 Å². The lowest BCUT2D eigenvalue weighted by molar-refractivity contribution is 0.773. The van der Waals surface area contributed by atoms with Crippen molar-refractivity contribution in [3.8, 4) is 55.6 Å². The van der Waals surface area contributed by atoms with Crippen molar-refractivity contribution >= 4 is 27.8 Å². The molecule has 12 rings (SSSR count). The zero-order chi connectivity index (χ0) is 39.6. The maximum Gasteiger partial charge on any atom is 0.0726 e. The fourth-order valence-corrected chi connectivity index (χ4v) is 10.4. The van der Waals surface area contributed by atoms with Crippen molar-refractivity contribution in [3.05, 3.63) is 259 Å². The summed E-state index contributed by atoms with van der Waals surface area (Å²) in [5.41, 5.74) is 20.2. The van der Waals surface area contributed by atoms with Crippen molar-refractivity contribution < 1.29 is 0 Å². The van der Waals surface area contributed by atoms with Crippen LogP contribution >= 0.6 is 0 Å². The molecule has 0 N–H and O–H groups in total. The highest BCUT2D eigenvalue weighted by atomic mass is 15.1. The quantitative estimate of drug-likeness (QED) is 0.173. The number of fused-ring (bicyclic) bond motifs is 15. The van der Waals surface area contributed by atoms with Gasteiger partial charge >= 0.3 is 0 Å². The highest BCUT2D eigenvalue weighted by Crippen LogP contribution is 2.61. The predicted molar refractivity (Wildman–Crippen MR) is 251 cm³/mol. The van der Waals surface area contributed by atoms with E-state index in [1.165, 1.54) is 88.7 Å². The van der Waals surface area contributed by atoms with E-state index in [1.54, 1.807) is 0 Å². The Labute approximate surface area is 351 Å². The minimum atomic E-state index is -0.639. The van der Waals surface area contributed by atoms with Crippen LogP contribution in [0, 0.1) is 0 Å². The van der Waals surface area contributed by atoms with Gasteiger partial charge in [-0.3, -0.25) is 0 Å². The van der Waals surface area contributed by atoms with Crippen LogP contribution < -0.4 is 4.90 Å². The summed E-state index contributed by atoms with van der Waals surface area (Å²) in [5, 5.41) is 2.51. The second-order valence-electron chi connectivity index (χ2n) is 16.0. The predicted octanol–water partition coefficient (Wildman–Crippen LogP) is 15.7. The third-order valence-electron chi connectivity index (χ3n) is 12.9. The summed E-state index contributed by atoms with van der Waals surface area (Å²) in [5.74, 6) is 0. The molecule has 0 aliphatic heterocycles. The van der Waals surface area contributed by atoms with E-state index in [-0.39, 0.29) is 0 Å². The molecule has 0 saturated heterocycles. The zero-order valence-electron chi connectivity index (χ0n) is 33.0. The molecule has 2 aliphatic rings. The Kier molecular flexibility index (Phi) is 7.83. The topological polar surface area (TPSA) is 3.24 Å². The Hall–Kier alpha value is -7.74. The molecule has 2 aliphatic carbocycles. The number of hydrogen-bond donors (Lipinski definition) is 0. The van der Waals surface area contributed by atoms with E-state index in [2.05, 4.69) is 241 Å². The van der Waals surface area contributed by atoms with Gasteiger partial charge in [0.25, 0.3) is 0 Å². The normalized spacial score (nSPS) is 12.8.